The third-order valence-electron chi connectivity index (χ3n) is 5.69. The van der Waals surface area contributed by atoms with Crippen LogP contribution in [0.3, 0.4) is 0 Å². The Bertz CT molecular complexity index is 693. The largest absolute Gasteiger partial charge is 0.143 e. The Morgan fingerprint density at radius 1 is 0.870 bits per heavy atom. The predicted molar refractivity (Wildman–Crippen MR) is 105 cm³/mol. The SMILES string of the molecule is CC1(C2CCCCC2)c2ccc(S)cc2Sc2cc(S)ccc21. The van der Waals surface area contributed by atoms with Gasteiger partial charge in [-0.1, -0.05) is 50.1 Å². The van der Waals surface area contributed by atoms with Crippen molar-refractivity contribution in [3.63, 3.8) is 0 Å². The molecular weight excluding hydrogens is 336 g/mol. The zero-order valence-electron chi connectivity index (χ0n) is 13.4. The Kier molecular flexibility index (Phi) is 4.23. The van der Waals surface area contributed by atoms with E-state index in [9.17, 15) is 0 Å². The molecule has 0 atom stereocenters. The van der Waals surface area contributed by atoms with Crippen LogP contribution in [0.15, 0.2) is 56.0 Å². The van der Waals surface area contributed by atoms with E-state index < -0.39 is 0 Å². The lowest BCUT2D eigenvalue weighted by atomic mass is 9.62. The predicted octanol–water partition coefficient (Wildman–Crippen LogP) is 6.61. The fourth-order valence-corrected chi connectivity index (χ4v) is 6.40. The third kappa shape index (κ3) is 2.65. The summed E-state index contributed by atoms with van der Waals surface area (Å²) < 4.78 is 0. The minimum absolute atomic E-state index is 0.110. The first-order valence-electron chi connectivity index (χ1n) is 8.44. The van der Waals surface area contributed by atoms with Gasteiger partial charge in [-0.15, -0.1) is 25.3 Å². The first-order valence-corrected chi connectivity index (χ1v) is 10.1. The molecule has 0 nitrogen and oxygen atoms in total. The van der Waals surface area contributed by atoms with Crippen molar-refractivity contribution in [1.82, 2.24) is 0 Å². The number of fused-ring (bicyclic) bond motifs is 2. The van der Waals surface area contributed by atoms with Crippen molar-refractivity contribution < 1.29 is 0 Å². The van der Waals surface area contributed by atoms with Crippen LogP contribution in [0.2, 0.25) is 0 Å². The molecule has 0 aromatic heterocycles. The normalized spacial score (nSPS) is 20.0. The molecule has 4 rings (SSSR count). The second-order valence-corrected chi connectivity index (χ2v) is 9.12. The molecule has 1 saturated carbocycles. The molecule has 1 aliphatic carbocycles. The second-order valence-electron chi connectivity index (χ2n) is 7.00. The smallest absolute Gasteiger partial charge is 0.0225 e. The maximum absolute atomic E-state index is 4.56. The van der Waals surface area contributed by atoms with Crippen LogP contribution in [-0.2, 0) is 5.41 Å². The van der Waals surface area contributed by atoms with Gasteiger partial charge in [-0.3, -0.25) is 0 Å². The van der Waals surface area contributed by atoms with Crippen LogP contribution in [-0.4, -0.2) is 0 Å². The summed E-state index contributed by atoms with van der Waals surface area (Å²) in [6, 6.07) is 13.4. The first-order chi connectivity index (χ1) is 11.1. The molecule has 3 heteroatoms. The van der Waals surface area contributed by atoms with Crippen molar-refractivity contribution in [3.05, 3.63) is 47.5 Å². The minimum Gasteiger partial charge on any atom is -0.143 e. The van der Waals surface area contributed by atoms with Crippen LogP contribution in [0.1, 0.15) is 50.2 Å². The molecule has 1 heterocycles. The molecule has 1 fully saturated rings. The van der Waals surface area contributed by atoms with Crippen molar-refractivity contribution in [2.75, 3.05) is 0 Å². The highest BCUT2D eigenvalue weighted by atomic mass is 32.2. The van der Waals surface area contributed by atoms with E-state index in [1.807, 2.05) is 11.8 Å². The molecule has 0 bridgehead atoms. The fraction of sp³-hybridized carbons (Fsp3) is 0.400. The van der Waals surface area contributed by atoms with Gasteiger partial charge >= 0.3 is 0 Å². The van der Waals surface area contributed by atoms with E-state index in [1.165, 1.54) is 53.0 Å². The minimum atomic E-state index is 0.110. The van der Waals surface area contributed by atoms with Crippen LogP contribution in [0.4, 0.5) is 0 Å². The average molecular weight is 359 g/mol. The topological polar surface area (TPSA) is 0 Å². The quantitative estimate of drug-likeness (QED) is 0.540. The van der Waals surface area contributed by atoms with Gasteiger partial charge in [0.05, 0.1) is 0 Å². The van der Waals surface area contributed by atoms with Gasteiger partial charge in [0.1, 0.15) is 0 Å². The Morgan fingerprint density at radius 2 is 1.39 bits per heavy atom. The summed E-state index contributed by atoms with van der Waals surface area (Å²) in [5, 5.41) is 0. The molecule has 0 unspecified atom stereocenters. The lowest BCUT2D eigenvalue weighted by molar-refractivity contribution is 0.247. The van der Waals surface area contributed by atoms with Gasteiger partial charge in [0.2, 0.25) is 0 Å². The average Bonchev–Trinajstić information content (AvgIpc) is 2.55. The number of thiol groups is 2. The van der Waals surface area contributed by atoms with Crippen LogP contribution in [0, 0.1) is 5.92 Å². The highest BCUT2D eigenvalue weighted by Crippen LogP contribution is 2.55. The van der Waals surface area contributed by atoms with E-state index in [1.54, 1.807) is 0 Å². The zero-order chi connectivity index (χ0) is 16.0. The van der Waals surface area contributed by atoms with E-state index in [2.05, 4.69) is 68.6 Å². The Morgan fingerprint density at radius 3 is 1.91 bits per heavy atom. The molecule has 2 aromatic rings. The number of hydrogen-bond donors (Lipinski definition) is 2. The van der Waals surface area contributed by atoms with Crippen LogP contribution in [0.5, 0.6) is 0 Å². The summed E-state index contributed by atoms with van der Waals surface area (Å²) in [4.78, 5) is 4.84. The monoisotopic (exact) mass is 358 g/mol. The second kappa shape index (κ2) is 6.09. The lowest BCUT2D eigenvalue weighted by Gasteiger charge is -2.45. The van der Waals surface area contributed by atoms with Gasteiger partial charge < -0.3 is 0 Å². The van der Waals surface area contributed by atoms with Crippen molar-refractivity contribution in [3.8, 4) is 0 Å². The Hall–Kier alpha value is -0.510. The van der Waals surface area contributed by atoms with E-state index in [4.69, 9.17) is 0 Å². The maximum Gasteiger partial charge on any atom is 0.0225 e. The van der Waals surface area contributed by atoms with Gasteiger partial charge in [-0.05, 0) is 54.2 Å². The number of benzene rings is 2. The summed E-state index contributed by atoms with van der Waals surface area (Å²) in [5.74, 6) is 0.728. The van der Waals surface area contributed by atoms with Gasteiger partial charge in [0, 0.05) is 25.0 Å². The van der Waals surface area contributed by atoms with Crippen molar-refractivity contribution in [2.45, 2.75) is 64.0 Å². The van der Waals surface area contributed by atoms with E-state index >= 15 is 0 Å². The Balaban J connectivity index is 1.93. The van der Waals surface area contributed by atoms with E-state index in [-0.39, 0.29) is 5.41 Å². The van der Waals surface area contributed by atoms with E-state index in [0.29, 0.717) is 0 Å². The molecule has 2 aliphatic rings. The summed E-state index contributed by atoms with van der Waals surface area (Å²) in [7, 11) is 0. The van der Waals surface area contributed by atoms with Gasteiger partial charge in [-0.25, -0.2) is 0 Å². The zero-order valence-corrected chi connectivity index (χ0v) is 16.0. The standard InChI is InChI=1S/C20H22S3/c1-20(13-5-3-2-4-6-13)16-9-7-14(21)11-18(16)23-19-12-15(22)8-10-17(19)20/h7-13,21-22H,2-6H2,1H3. The molecular formula is C20H22S3. The van der Waals surface area contributed by atoms with Gasteiger partial charge in [-0.2, -0.15) is 0 Å². The fourth-order valence-electron chi connectivity index (χ4n) is 4.43. The molecule has 0 spiro atoms. The molecule has 120 valence electrons. The van der Waals surface area contributed by atoms with Crippen molar-refractivity contribution in [1.29, 1.82) is 0 Å². The van der Waals surface area contributed by atoms with Crippen LogP contribution >= 0.6 is 37.0 Å². The van der Waals surface area contributed by atoms with Crippen LogP contribution in [0.25, 0.3) is 0 Å². The van der Waals surface area contributed by atoms with Gasteiger partial charge in [0.15, 0.2) is 0 Å². The number of rotatable bonds is 1. The summed E-state index contributed by atoms with van der Waals surface area (Å²) >= 11 is 11.0. The maximum atomic E-state index is 4.56. The highest BCUT2D eigenvalue weighted by molar-refractivity contribution is 7.99. The first kappa shape index (κ1) is 16.0. The summed E-state index contributed by atoms with van der Waals surface area (Å²) in [6.45, 7) is 2.47. The molecule has 0 radical (unpaired) electrons. The Labute approximate surface area is 154 Å². The summed E-state index contributed by atoms with van der Waals surface area (Å²) in [6.07, 6.45) is 6.81. The summed E-state index contributed by atoms with van der Waals surface area (Å²) in [5.41, 5.74) is 3.09. The molecule has 0 saturated heterocycles. The molecule has 23 heavy (non-hydrogen) atoms. The molecule has 1 aliphatic heterocycles. The number of hydrogen-bond acceptors (Lipinski definition) is 3. The van der Waals surface area contributed by atoms with E-state index in [0.717, 1.165) is 15.7 Å². The van der Waals surface area contributed by atoms with Crippen molar-refractivity contribution in [2.24, 2.45) is 5.92 Å². The highest BCUT2D eigenvalue weighted by Gasteiger charge is 2.43. The van der Waals surface area contributed by atoms with Crippen LogP contribution < -0.4 is 0 Å². The lowest BCUT2D eigenvalue weighted by Crippen LogP contribution is -2.37. The van der Waals surface area contributed by atoms with Crippen molar-refractivity contribution >= 4 is 37.0 Å². The third-order valence-corrected chi connectivity index (χ3v) is 7.36. The van der Waals surface area contributed by atoms with Gasteiger partial charge in [0.25, 0.3) is 0 Å². The molecule has 2 aromatic carbocycles. The molecule has 0 amide bonds. The molecule has 0 N–H and O–H groups in total.